The summed E-state index contributed by atoms with van der Waals surface area (Å²) in [5.74, 6) is -5.21. The molecule has 6 aromatic heterocycles. The number of amides is 5. The maximum atomic E-state index is 14.8. The van der Waals surface area contributed by atoms with Gasteiger partial charge in [0.05, 0.1) is 38.2 Å². The van der Waals surface area contributed by atoms with Crippen LogP contribution in [-0.2, 0) is 69.9 Å². The topological polar surface area (TPSA) is 270 Å². The first kappa shape index (κ1) is 66.8. The van der Waals surface area contributed by atoms with Gasteiger partial charge in [-0.15, -0.1) is 0 Å². The number of anilines is 2. The highest BCUT2D eigenvalue weighted by Gasteiger charge is 2.34. The molecule has 3 aliphatic rings. The van der Waals surface area contributed by atoms with Crippen LogP contribution in [0.5, 0.6) is 0 Å². The zero-order valence-corrected chi connectivity index (χ0v) is 52.4. The molecule has 12 rings (SSSR count). The van der Waals surface area contributed by atoms with E-state index >= 15 is 0 Å². The number of benzene rings is 3. The van der Waals surface area contributed by atoms with Gasteiger partial charge in [0.25, 0.3) is 17.7 Å². The molecule has 9 heterocycles. The molecule has 3 aromatic carbocycles. The lowest BCUT2D eigenvalue weighted by atomic mass is 10.1. The summed E-state index contributed by atoms with van der Waals surface area (Å²) in [6, 6.07) is 17.2. The van der Waals surface area contributed by atoms with E-state index in [-0.39, 0.29) is 95.7 Å². The summed E-state index contributed by atoms with van der Waals surface area (Å²) >= 11 is 5.82. The average molecular weight is 1300 g/mol. The third-order valence-corrected chi connectivity index (χ3v) is 14.3. The van der Waals surface area contributed by atoms with Crippen molar-refractivity contribution < 1.29 is 59.8 Å². The summed E-state index contributed by atoms with van der Waals surface area (Å²) in [6.45, 7) is 10.5. The molecule has 0 bridgehead atoms. The van der Waals surface area contributed by atoms with Crippen molar-refractivity contribution in [1.82, 2.24) is 59.0 Å². The summed E-state index contributed by atoms with van der Waals surface area (Å²) in [5, 5.41) is 14.7. The van der Waals surface area contributed by atoms with Gasteiger partial charge in [-0.25, -0.2) is 50.9 Å². The lowest BCUT2D eigenvalue weighted by Crippen LogP contribution is -2.27. The fourth-order valence-corrected chi connectivity index (χ4v) is 10.0. The van der Waals surface area contributed by atoms with Crippen LogP contribution < -0.4 is 16.8 Å². The first-order chi connectivity index (χ1) is 43.8. The number of nitrogen functional groups attached to an aromatic ring is 1. The van der Waals surface area contributed by atoms with Crippen molar-refractivity contribution in [3.05, 3.63) is 200 Å². The molecule has 0 aliphatic carbocycles. The molecule has 0 fully saturated rings. The molecule has 5 amide bonds. The van der Waals surface area contributed by atoms with E-state index in [1.165, 1.54) is 74.4 Å². The molecule has 0 atom stereocenters. The first-order valence-electron chi connectivity index (χ1n) is 28.4. The number of ether oxygens (including phenoxy) is 2. The highest BCUT2D eigenvalue weighted by Crippen LogP contribution is 2.33. The number of hydrogen-bond acceptors (Lipinski definition) is 14. The van der Waals surface area contributed by atoms with Gasteiger partial charge in [-0.05, 0) is 113 Å². The van der Waals surface area contributed by atoms with E-state index in [2.05, 4.69) is 40.3 Å². The number of nitrogens with one attached hydrogen (secondary N) is 1. The van der Waals surface area contributed by atoms with Crippen LogP contribution in [0.3, 0.4) is 0 Å². The number of rotatable bonds is 10. The Balaban J connectivity index is 0.000000156. The number of primary amides is 1. The minimum Gasteiger partial charge on any atom is -0.444 e. The smallest absolute Gasteiger partial charge is 0.413 e. The zero-order chi connectivity index (χ0) is 67.5. The Morgan fingerprint density at radius 3 is 1.16 bits per heavy atom. The predicted molar refractivity (Wildman–Crippen MR) is 329 cm³/mol. The molecule has 5 N–H and O–H groups in total. The van der Waals surface area contributed by atoms with E-state index < -0.39 is 70.1 Å². The highest BCUT2D eigenvalue weighted by molar-refractivity contribution is 6.29. The Morgan fingerprint density at radius 1 is 0.505 bits per heavy atom. The predicted octanol–water partition coefficient (Wildman–Crippen LogP) is 11.2. The van der Waals surface area contributed by atoms with Gasteiger partial charge < -0.3 is 35.6 Å². The van der Waals surface area contributed by atoms with Crippen LogP contribution in [0.4, 0.5) is 47.6 Å². The fourth-order valence-electron chi connectivity index (χ4n) is 9.88. The van der Waals surface area contributed by atoms with Gasteiger partial charge in [0.15, 0.2) is 0 Å². The van der Waals surface area contributed by atoms with Crippen LogP contribution in [-0.4, -0.2) is 100 Å². The van der Waals surface area contributed by atoms with E-state index in [4.69, 9.17) is 27.8 Å². The molecule has 484 valence electrons. The standard InChI is InChI=1S/C23H23F2N5O3.C18H13ClF2N4O.C18H15F2N5O.C5H11NO2/c1-23(2,3)33-22(32)28-19-6-5-13-11-30(21(31)20(13)27-19)12-16-17(24)7-14(8-18(16)25)15-9-26-29(4)10-15;1-24-7-12(6-22-24)11-4-14(20)13(15(21)5-11)9-25-8-10-2-3-16(19)23-17(10)18(25)26;1-24-7-12(6-22-24)11-4-14(19)13(15(20)5-11)9-25-8-10-2-3-16(21)23-17(10)18(25)26;1-5(2,3)8-4(6)7/h5-10H,11-12H2,1-4H3,(H,27,28,32);2-7H,8-9H2,1H3;2-7H,8-9H2,1H3,(H2,21,23);1-3H3,(H2,6,7). The van der Waals surface area contributed by atoms with Crippen molar-refractivity contribution in [3.63, 3.8) is 0 Å². The molecule has 29 heteroatoms. The fraction of sp³-hybridized carbons (Fsp3) is 0.266. The van der Waals surface area contributed by atoms with Crippen molar-refractivity contribution in [1.29, 1.82) is 0 Å². The summed E-state index contributed by atoms with van der Waals surface area (Å²) < 4.78 is 102. The minimum absolute atomic E-state index is 0.122. The molecular weight excluding hydrogens is 1240 g/mol. The maximum absolute atomic E-state index is 14.8. The van der Waals surface area contributed by atoms with Gasteiger partial charge in [-0.2, -0.15) is 15.3 Å². The van der Waals surface area contributed by atoms with Gasteiger partial charge >= 0.3 is 12.2 Å². The molecule has 22 nitrogen and oxygen atoms in total. The van der Waals surface area contributed by atoms with Crippen molar-refractivity contribution in [3.8, 4) is 33.4 Å². The Labute approximate surface area is 533 Å². The number of nitrogens with two attached hydrogens (primary N) is 2. The maximum Gasteiger partial charge on any atom is 0.413 e. The van der Waals surface area contributed by atoms with Gasteiger partial charge in [0.1, 0.15) is 80.0 Å². The zero-order valence-electron chi connectivity index (χ0n) is 51.7. The number of carbonyl (C=O) groups excluding carboxylic acids is 5. The number of carbonyl (C=O) groups is 5. The summed E-state index contributed by atoms with van der Waals surface area (Å²) in [5.41, 5.74) is 14.2. The number of pyridine rings is 3. The second-order valence-electron chi connectivity index (χ2n) is 23.7. The van der Waals surface area contributed by atoms with Gasteiger partial charge in [-0.3, -0.25) is 33.7 Å². The Kier molecular flexibility index (Phi) is 19.4. The molecule has 0 spiro atoms. The van der Waals surface area contributed by atoms with Crippen LogP contribution in [0.1, 0.15) is 106 Å². The first-order valence-corrected chi connectivity index (χ1v) is 28.8. The minimum atomic E-state index is -0.752. The van der Waals surface area contributed by atoms with Crippen LogP contribution in [0.2, 0.25) is 5.15 Å². The van der Waals surface area contributed by atoms with Crippen molar-refractivity contribution in [2.75, 3.05) is 11.1 Å². The van der Waals surface area contributed by atoms with Crippen LogP contribution in [0.15, 0.2) is 110 Å². The second-order valence-corrected chi connectivity index (χ2v) is 24.1. The number of nitrogens with zero attached hydrogens (tertiary/aromatic N) is 12. The average Bonchev–Trinajstić information content (AvgIpc) is 1.71. The van der Waals surface area contributed by atoms with Gasteiger partial charge in [-0.1, -0.05) is 29.8 Å². The van der Waals surface area contributed by atoms with Gasteiger partial charge in [0, 0.05) is 109 Å². The molecular formula is C64H62ClF6N15O7. The van der Waals surface area contributed by atoms with E-state index in [9.17, 15) is 50.3 Å². The lowest BCUT2D eigenvalue weighted by Gasteiger charge is -2.19. The van der Waals surface area contributed by atoms with E-state index in [1.807, 2.05) is 0 Å². The molecule has 0 saturated carbocycles. The number of hydrogen-bond donors (Lipinski definition) is 3. The SMILES string of the molecule is CC(C)(C)OC(N)=O.Cn1cc(-c2cc(F)c(CN3Cc4ccc(Cl)nc4C3=O)c(F)c2)cn1.Cn1cc(-c2cc(F)c(CN3Cc4ccc(N)nc4C3=O)c(F)c2)cn1.Cn1cc(-c2cc(F)c(CN3Cc4ccc(NC(=O)OC(C)(C)C)nc4C3=O)c(F)c2)cn1. The number of aryl methyl sites for hydroxylation is 3. The molecule has 9 aromatic rings. The summed E-state index contributed by atoms with van der Waals surface area (Å²) in [7, 11) is 5.16. The lowest BCUT2D eigenvalue weighted by molar-refractivity contribution is 0.0596. The van der Waals surface area contributed by atoms with Crippen molar-refractivity contribution >= 4 is 53.1 Å². The van der Waals surface area contributed by atoms with E-state index in [1.54, 1.807) is 127 Å². The number of aromatic nitrogens is 9. The van der Waals surface area contributed by atoms with Crippen LogP contribution in [0.25, 0.3) is 33.4 Å². The summed E-state index contributed by atoms with van der Waals surface area (Å²) in [6.07, 6.45) is 8.16. The molecule has 0 unspecified atom stereocenters. The van der Waals surface area contributed by atoms with Crippen molar-refractivity contribution in [2.45, 2.75) is 92.0 Å². The quantitative estimate of drug-likeness (QED) is 0.0849. The Hall–Kier alpha value is -10.6. The molecule has 3 aliphatic heterocycles. The molecule has 93 heavy (non-hydrogen) atoms. The molecule has 0 radical (unpaired) electrons. The van der Waals surface area contributed by atoms with Crippen LogP contribution in [0, 0.1) is 34.9 Å². The van der Waals surface area contributed by atoms with E-state index in [0.717, 1.165) is 0 Å². The number of fused-ring (bicyclic) bond motifs is 3. The summed E-state index contributed by atoms with van der Waals surface area (Å²) in [4.78, 5) is 75.9. The van der Waals surface area contributed by atoms with E-state index in [0.29, 0.717) is 50.1 Å². The normalized spacial score (nSPS) is 13.1. The Bertz CT molecular complexity index is 4160. The van der Waals surface area contributed by atoms with Crippen molar-refractivity contribution in [2.24, 2.45) is 26.9 Å². The largest absolute Gasteiger partial charge is 0.444 e. The van der Waals surface area contributed by atoms with Gasteiger partial charge in [0.2, 0.25) is 0 Å². The monoisotopic (exact) mass is 1300 g/mol. The highest BCUT2D eigenvalue weighted by atomic mass is 35.5. The third kappa shape index (κ3) is 16.3. The Morgan fingerprint density at radius 2 is 0.839 bits per heavy atom. The third-order valence-electron chi connectivity index (χ3n) is 14.1. The second kappa shape index (κ2) is 27.1. The van der Waals surface area contributed by atoms with Crippen LogP contribution >= 0.6 is 11.6 Å². The number of halogens is 7. The molecule has 0 saturated heterocycles.